The number of nitrogens with one attached hydrogen (secondary N) is 1. The predicted octanol–water partition coefficient (Wildman–Crippen LogP) is 1.97. The van der Waals surface area contributed by atoms with E-state index in [4.69, 9.17) is 0 Å². The van der Waals surface area contributed by atoms with Crippen molar-refractivity contribution in [1.29, 1.82) is 0 Å². The highest BCUT2D eigenvalue weighted by atomic mass is 32.2. The van der Waals surface area contributed by atoms with Gasteiger partial charge in [-0.05, 0) is 43.2 Å². The Hall–Kier alpha value is -1.67. The minimum absolute atomic E-state index is 0.275. The molecule has 24 heavy (non-hydrogen) atoms. The fraction of sp³-hybridized carbons (Fsp3) is 0.625. The average Bonchev–Trinajstić information content (AvgIpc) is 2.95. The predicted molar refractivity (Wildman–Crippen MR) is 91.3 cm³/mol. The summed E-state index contributed by atoms with van der Waals surface area (Å²) in [6.45, 7) is 4.60. The van der Waals surface area contributed by atoms with Crippen LogP contribution in [0.4, 0.5) is 5.95 Å². The Balaban J connectivity index is 1.65. The molecule has 0 bridgehead atoms. The van der Waals surface area contributed by atoms with Crippen molar-refractivity contribution in [3.8, 4) is 0 Å². The molecular weight excluding hydrogens is 326 g/mol. The topological polar surface area (TPSA) is 79.6 Å². The number of hydrogen-bond donors (Lipinski definition) is 1. The number of aromatic nitrogens is 3. The first kappa shape index (κ1) is 15.8. The zero-order valence-corrected chi connectivity index (χ0v) is 14.8. The maximum atomic E-state index is 12.7. The second kappa shape index (κ2) is 5.70. The second-order valence-corrected chi connectivity index (χ2v) is 8.63. The van der Waals surface area contributed by atoms with E-state index in [2.05, 4.69) is 15.5 Å². The number of sulfonamides is 1. The van der Waals surface area contributed by atoms with E-state index < -0.39 is 10.0 Å². The lowest BCUT2D eigenvalue weighted by Gasteiger charge is -2.53. The van der Waals surface area contributed by atoms with Gasteiger partial charge in [0.25, 0.3) is 0 Å². The Bertz CT molecular complexity index is 858. The van der Waals surface area contributed by atoms with Crippen molar-refractivity contribution in [2.24, 2.45) is 11.8 Å². The first-order chi connectivity index (χ1) is 11.5. The number of hydrogen-bond acceptors (Lipinski definition) is 5. The highest BCUT2D eigenvalue weighted by Gasteiger charge is 2.47. The molecule has 2 fully saturated rings. The summed E-state index contributed by atoms with van der Waals surface area (Å²) in [6, 6.07) is 3.76. The van der Waals surface area contributed by atoms with E-state index in [0.29, 0.717) is 30.7 Å². The first-order valence-electron chi connectivity index (χ1n) is 8.66. The van der Waals surface area contributed by atoms with Crippen molar-refractivity contribution in [3.63, 3.8) is 0 Å². The molecule has 1 N–H and O–H groups in total. The van der Waals surface area contributed by atoms with Gasteiger partial charge in [0, 0.05) is 25.3 Å². The molecule has 2 saturated carbocycles. The van der Waals surface area contributed by atoms with Crippen molar-refractivity contribution in [2.45, 2.75) is 44.0 Å². The molecule has 0 aromatic carbocycles. The second-order valence-electron chi connectivity index (χ2n) is 6.69. The first-order valence-corrected chi connectivity index (χ1v) is 10.1. The lowest BCUT2D eigenvalue weighted by molar-refractivity contribution is 0.0358. The van der Waals surface area contributed by atoms with Gasteiger partial charge < -0.3 is 5.32 Å². The van der Waals surface area contributed by atoms with Crippen LogP contribution in [0.2, 0.25) is 0 Å². The van der Waals surface area contributed by atoms with Crippen molar-refractivity contribution < 1.29 is 8.42 Å². The number of anilines is 1. The minimum atomic E-state index is -3.49. The van der Waals surface area contributed by atoms with Gasteiger partial charge in [0.05, 0.1) is 4.90 Å². The summed E-state index contributed by atoms with van der Waals surface area (Å²) in [4.78, 5) is 0.275. The van der Waals surface area contributed by atoms with Crippen LogP contribution in [0.1, 0.15) is 33.1 Å². The van der Waals surface area contributed by atoms with E-state index in [1.165, 1.54) is 23.6 Å². The molecule has 2 aromatic rings. The molecule has 2 aliphatic carbocycles. The van der Waals surface area contributed by atoms with Crippen LogP contribution in [0.15, 0.2) is 23.2 Å². The molecular formula is C16H23N5O2S. The summed E-state index contributed by atoms with van der Waals surface area (Å²) in [5.74, 6) is 2.26. The van der Waals surface area contributed by atoms with Gasteiger partial charge in [0.2, 0.25) is 16.0 Å². The highest BCUT2D eigenvalue weighted by Crippen LogP contribution is 2.50. The monoisotopic (exact) mass is 349 g/mol. The molecule has 4 rings (SSSR count). The molecule has 0 radical (unpaired) electrons. The summed E-state index contributed by atoms with van der Waals surface area (Å²) in [7, 11) is -3.49. The molecule has 130 valence electrons. The molecule has 3 atom stereocenters. The minimum Gasteiger partial charge on any atom is -0.351 e. The van der Waals surface area contributed by atoms with Crippen molar-refractivity contribution in [1.82, 2.24) is 18.9 Å². The number of rotatable bonds is 6. The van der Waals surface area contributed by atoms with Crippen LogP contribution in [-0.4, -0.2) is 46.5 Å². The van der Waals surface area contributed by atoms with E-state index in [-0.39, 0.29) is 4.90 Å². The van der Waals surface area contributed by atoms with Crippen LogP contribution in [0, 0.1) is 11.8 Å². The van der Waals surface area contributed by atoms with E-state index in [1.807, 2.05) is 13.8 Å². The number of nitrogens with zero attached hydrogens (tertiary/aromatic N) is 4. The van der Waals surface area contributed by atoms with Crippen LogP contribution < -0.4 is 5.32 Å². The Kier molecular flexibility index (Phi) is 3.76. The van der Waals surface area contributed by atoms with Gasteiger partial charge in [-0.2, -0.15) is 4.31 Å². The van der Waals surface area contributed by atoms with E-state index in [9.17, 15) is 8.42 Å². The molecule has 0 saturated heterocycles. The quantitative estimate of drug-likeness (QED) is 0.862. The highest BCUT2D eigenvalue weighted by molar-refractivity contribution is 7.89. The van der Waals surface area contributed by atoms with Gasteiger partial charge in [-0.15, -0.1) is 10.2 Å². The lowest BCUT2D eigenvalue weighted by Crippen LogP contribution is -2.52. The van der Waals surface area contributed by atoms with E-state index >= 15 is 0 Å². The Morgan fingerprint density at radius 2 is 2.04 bits per heavy atom. The largest absolute Gasteiger partial charge is 0.351 e. The van der Waals surface area contributed by atoms with Crippen LogP contribution in [0.5, 0.6) is 0 Å². The molecule has 8 heteroatoms. The summed E-state index contributed by atoms with van der Waals surface area (Å²) in [5, 5.41) is 11.8. The van der Waals surface area contributed by atoms with Gasteiger partial charge in [0.1, 0.15) is 0 Å². The number of fused-ring (bicyclic) bond motifs is 2. The molecule has 7 nitrogen and oxygen atoms in total. The Morgan fingerprint density at radius 3 is 2.62 bits per heavy atom. The third-order valence-corrected chi connectivity index (χ3v) is 7.62. The SMILES string of the molecule is CCN(CC)S(=O)(=O)c1ccc2nnc(N[C@@H]3C[C@H]4CCC43)n2c1. The third-order valence-electron chi connectivity index (χ3n) is 5.58. The zero-order valence-electron chi connectivity index (χ0n) is 14.0. The van der Waals surface area contributed by atoms with E-state index in [0.717, 1.165) is 11.8 Å². The van der Waals surface area contributed by atoms with Crippen LogP contribution >= 0.6 is 0 Å². The van der Waals surface area contributed by atoms with Gasteiger partial charge in [-0.1, -0.05) is 13.8 Å². The molecule has 1 unspecified atom stereocenters. The smallest absolute Gasteiger partial charge is 0.244 e. The summed E-state index contributed by atoms with van der Waals surface area (Å²) in [5.41, 5.74) is 0.653. The normalized spacial score (nSPS) is 26.0. The molecule has 0 amide bonds. The van der Waals surface area contributed by atoms with Gasteiger partial charge in [0.15, 0.2) is 5.65 Å². The van der Waals surface area contributed by atoms with Crippen molar-refractivity contribution in [2.75, 3.05) is 18.4 Å². The third kappa shape index (κ3) is 2.31. The Labute approximate surface area is 142 Å². The number of pyridine rings is 1. The fourth-order valence-corrected chi connectivity index (χ4v) is 5.35. The molecule has 2 heterocycles. The van der Waals surface area contributed by atoms with Crippen molar-refractivity contribution in [3.05, 3.63) is 18.3 Å². The Morgan fingerprint density at radius 1 is 1.25 bits per heavy atom. The van der Waals surface area contributed by atoms with Gasteiger partial charge in [-0.25, -0.2) is 8.42 Å². The molecule has 2 aliphatic rings. The van der Waals surface area contributed by atoms with Gasteiger partial charge >= 0.3 is 0 Å². The summed E-state index contributed by atoms with van der Waals surface area (Å²) >= 11 is 0. The molecule has 0 spiro atoms. The van der Waals surface area contributed by atoms with Gasteiger partial charge in [-0.3, -0.25) is 4.40 Å². The van der Waals surface area contributed by atoms with Crippen molar-refractivity contribution >= 4 is 21.6 Å². The summed E-state index contributed by atoms with van der Waals surface area (Å²) < 4.78 is 28.6. The maximum Gasteiger partial charge on any atom is 0.244 e. The molecule has 2 aromatic heterocycles. The lowest BCUT2D eigenvalue weighted by atomic mass is 9.56. The van der Waals surface area contributed by atoms with Crippen LogP contribution in [0.25, 0.3) is 5.65 Å². The van der Waals surface area contributed by atoms with Crippen LogP contribution in [-0.2, 0) is 10.0 Å². The standard InChI is InChI=1S/C16H23N5O2S/c1-3-20(4-2)24(22,23)12-6-8-15-18-19-16(21(15)10-12)17-14-9-11-5-7-13(11)14/h6,8,10-11,13-14H,3-5,7,9H2,1-2H3,(H,17,19)/t11-,13?,14-/m1/s1. The maximum absolute atomic E-state index is 12.7. The summed E-state index contributed by atoms with van der Waals surface area (Å²) in [6.07, 6.45) is 5.43. The average molecular weight is 349 g/mol. The fourth-order valence-electron chi connectivity index (χ4n) is 3.89. The van der Waals surface area contributed by atoms with E-state index in [1.54, 1.807) is 22.7 Å². The van der Waals surface area contributed by atoms with Crippen LogP contribution in [0.3, 0.4) is 0 Å². The zero-order chi connectivity index (χ0) is 16.9. The molecule has 0 aliphatic heterocycles.